The first-order valence-corrected chi connectivity index (χ1v) is 10.3. The van der Waals surface area contributed by atoms with Crippen molar-refractivity contribution in [2.75, 3.05) is 4.72 Å². The quantitative estimate of drug-likeness (QED) is 0.530. The minimum absolute atomic E-state index is 0.0911. The van der Waals surface area contributed by atoms with Crippen LogP contribution in [0.4, 0.5) is 5.69 Å². The second-order valence-electron chi connectivity index (χ2n) is 6.84. The monoisotopic (exact) mass is 394 g/mol. The Kier molecular flexibility index (Phi) is 6.76. The number of nitrogens with one attached hydrogen (secondary N) is 2. The zero-order valence-electron chi connectivity index (χ0n) is 16.5. The first-order valence-electron chi connectivity index (χ1n) is 9.45. The van der Waals surface area contributed by atoms with Crippen LogP contribution in [0.2, 0.25) is 0 Å². The maximum atomic E-state index is 12.6. The molecule has 5 nitrogen and oxygen atoms in total. The molecule has 3 rings (SSSR count). The Morgan fingerprint density at radius 3 is 2.68 bits per heavy atom. The van der Waals surface area contributed by atoms with E-state index < -0.39 is 0 Å². The summed E-state index contributed by atoms with van der Waals surface area (Å²) in [5, 5.41) is 7.26. The first-order chi connectivity index (χ1) is 13.5. The Morgan fingerprint density at radius 1 is 1.14 bits per heavy atom. The second-order valence-corrected chi connectivity index (χ2v) is 7.72. The molecule has 146 valence electrons. The largest absolute Gasteiger partial charge is 0.348 e. The summed E-state index contributed by atoms with van der Waals surface area (Å²) in [5.74, 6) is -0.0911. The zero-order valence-corrected chi connectivity index (χ0v) is 17.3. The van der Waals surface area contributed by atoms with Gasteiger partial charge in [-0.15, -0.1) is 0 Å². The molecule has 0 bridgehead atoms. The molecule has 1 aromatic heterocycles. The van der Waals surface area contributed by atoms with Crippen LogP contribution < -0.4 is 10.0 Å². The van der Waals surface area contributed by atoms with E-state index in [4.69, 9.17) is 0 Å². The van der Waals surface area contributed by atoms with E-state index in [1.54, 1.807) is 18.1 Å². The highest BCUT2D eigenvalue weighted by Gasteiger charge is 2.09. The van der Waals surface area contributed by atoms with Gasteiger partial charge in [-0.25, -0.2) is 0 Å². The molecular weight excluding hydrogens is 368 g/mol. The lowest BCUT2D eigenvalue weighted by Crippen LogP contribution is -2.22. The van der Waals surface area contributed by atoms with Gasteiger partial charge in [0.05, 0.1) is 6.20 Å². The lowest BCUT2D eigenvalue weighted by molar-refractivity contribution is 0.0951. The maximum absolute atomic E-state index is 12.6. The summed E-state index contributed by atoms with van der Waals surface area (Å²) in [6.07, 6.45) is 4.81. The van der Waals surface area contributed by atoms with Crippen LogP contribution in [0.1, 0.15) is 40.4 Å². The summed E-state index contributed by atoms with van der Waals surface area (Å²) in [4.78, 5) is 13.7. The third-order valence-corrected chi connectivity index (χ3v) is 5.22. The fourth-order valence-corrected chi connectivity index (χ4v) is 3.45. The van der Waals surface area contributed by atoms with Gasteiger partial charge < -0.3 is 10.0 Å². The highest BCUT2D eigenvalue weighted by molar-refractivity contribution is 8.00. The zero-order chi connectivity index (χ0) is 19.9. The summed E-state index contributed by atoms with van der Waals surface area (Å²) in [6.45, 7) is 7.57. The molecule has 0 aliphatic rings. The van der Waals surface area contributed by atoms with Gasteiger partial charge in [-0.05, 0) is 62.0 Å². The van der Waals surface area contributed by atoms with Crippen LogP contribution in [-0.2, 0) is 13.1 Å². The van der Waals surface area contributed by atoms with Gasteiger partial charge in [-0.2, -0.15) is 5.10 Å². The Labute approximate surface area is 170 Å². The number of carbonyl (C=O) groups excluding carboxylic acids is 1. The van der Waals surface area contributed by atoms with E-state index in [1.807, 2.05) is 36.0 Å². The lowest BCUT2D eigenvalue weighted by Gasteiger charge is -2.11. The van der Waals surface area contributed by atoms with Crippen molar-refractivity contribution in [3.05, 3.63) is 77.1 Å². The molecule has 0 saturated carbocycles. The van der Waals surface area contributed by atoms with Crippen LogP contribution in [0.15, 0.2) is 59.8 Å². The molecule has 0 spiro atoms. The Morgan fingerprint density at radius 2 is 1.93 bits per heavy atom. The average molecular weight is 395 g/mol. The van der Waals surface area contributed by atoms with Crippen LogP contribution in [0.5, 0.6) is 0 Å². The molecule has 3 aromatic rings. The summed E-state index contributed by atoms with van der Waals surface area (Å²) in [6, 6.07) is 14.0. The van der Waals surface area contributed by atoms with Crippen molar-refractivity contribution in [2.45, 2.75) is 45.2 Å². The minimum Gasteiger partial charge on any atom is -0.348 e. The molecule has 0 aliphatic heterocycles. The lowest BCUT2D eigenvalue weighted by atomic mass is 10.1. The van der Waals surface area contributed by atoms with Gasteiger partial charge in [0.25, 0.3) is 5.91 Å². The van der Waals surface area contributed by atoms with Gasteiger partial charge in [0.15, 0.2) is 0 Å². The molecule has 0 aliphatic carbocycles. The molecule has 1 amide bonds. The number of amides is 1. The summed E-state index contributed by atoms with van der Waals surface area (Å²) in [5.41, 5.74) is 4.91. The van der Waals surface area contributed by atoms with Gasteiger partial charge in [0.2, 0.25) is 0 Å². The number of aryl methyl sites for hydroxylation is 3. The standard InChI is InChI=1S/C22H26N4OS/c1-4-11-26-15-18(14-24-26)13-23-22(27)19-8-7-17(3)21(12-19)25-28-20-9-5-16(2)6-10-20/h5-10,12,14-15,25H,4,11,13H2,1-3H3,(H,23,27). The summed E-state index contributed by atoms with van der Waals surface area (Å²) >= 11 is 1.54. The second kappa shape index (κ2) is 9.46. The molecule has 0 fully saturated rings. The number of hydrogen-bond acceptors (Lipinski definition) is 4. The SMILES string of the molecule is CCCn1cc(CNC(=O)c2ccc(C)c(NSc3ccc(C)cc3)c2)cn1. The van der Waals surface area contributed by atoms with E-state index in [1.165, 1.54) is 5.56 Å². The smallest absolute Gasteiger partial charge is 0.251 e. The van der Waals surface area contributed by atoms with Gasteiger partial charge in [0, 0.05) is 41.0 Å². The van der Waals surface area contributed by atoms with E-state index in [2.05, 4.69) is 53.3 Å². The van der Waals surface area contributed by atoms with Crippen LogP contribution in [0.3, 0.4) is 0 Å². The molecule has 6 heteroatoms. The number of hydrogen-bond donors (Lipinski definition) is 2. The minimum atomic E-state index is -0.0911. The number of nitrogens with zero attached hydrogens (tertiary/aromatic N) is 2. The summed E-state index contributed by atoms with van der Waals surface area (Å²) < 4.78 is 5.26. The number of benzene rings is 2. The predicted octanol–water partition coefficient (Wildman–Crippen LogP) is 4.96. The van der Waals surface area contributed by atoms with Crippen molar-refractivity contribution in [3.63, 3.8) is 0 Å². The number of aromatic nitrogens is 2. The van der Waals surface area contributed by atoms with Crippen molar-refractivity contribution in [1.82, 2.24) is 15.1 Å². The maximum Gasteiger partial charge on any atom is 0.251 e. The fourth-order valence-electron chi connectivity index (χ4n) is 2.73. The molecule has 28 heavy (non-hydrogen) atoms. The van der Waals surface area contributed by atoms with Gasteiger partial charge in [-0.3, -0.25) is 9.48 Å². The number of anilines is 1. The molecule has 2 N–H and O–H groups in total. The highest BCUT2D eigenvalue weighted by atomic mass is 32.2. The molecular formula is C22H26N4OS. The third-order valence-electron chi connectivity index (χ3n) is 4.39. The van der Waals surface area contributed by atoms with E-state index in [9.17, 15) is 4.79 Å². The van der Waals surface area contributed by atoms with Crippen molar-refractivity contribution >= 4 is 23.5 Å². The van der Waals surface area contributed by atoms with Crippen LogP contribution in [0, 0.1) is 13.8 Å². The molecule has 0 atom stereocenters. The van der Waals surface area contributed by atoms with Crippen LogP contribution >= 0.6 is 11.9 Å². The van der Waals surface area contributed by atoms with Crippen molar-refractivity contribution < 1.29 is 4.79 Å². The third kappa shape index (κ3) is 5.39. The average Bonchev–Trinajstić information content (AvgIpc) is 3.14. The molecule has 2 aromatic carbocycles. The number of carbonyl (C=O) groups is 1. The molecule has 0 radical (unpaired) electrons. The fraction of sp³-hybridized carbons (Fsp3) is 0.273. The van der Waals surface area contributed by atoms with Crippen LogP contribution in [-0.4, -0.2) is 15.7 Å². The first kappa shape index (κ1) is 20.0. The molecule has 0 unspecified atom stereocenters. The molecule has 0 saturated heterocycles. The topological polar surface area (TPSA) is 59.0 Å². The van der Waals surface area contributed by atoms with E-state index in [-0.39, 0.29) is 5.91 Å². The highest BCUT2D eigenvalue weighted by Crippen LogP contribution is 2.25. The van der Waals surface area contributed by atoms with Crippen molar-refractivity contribution in [1.29, 1.82) is 0 Å². The van der Waals surface area contributed by atoms with Gasteiger partial charge in [-0.1, -0.05) is 30.7 Å². The van der Waals surface area contributed by atoms with Gasteiger partial charge >= 0.3 is 0 Å². The Hall–Kier alpha value is -2.73. The number of rotatable bonds is 8. The van der Waals surface area contributed by atoms with Crippen molar-refractivity contribution in [3.8, 4) is 0 Å². The Balaban J connectivity index is 1.60. The normalized spacial score (nSPS) is 10.7. The molecule has 1 heterocycles. The van der Waals surface area contributed by atoms with E-state index in [0.717, 1.165) is 34.7 Å². The Bertz CT molecular complexity index is 934. The predicted molar refractivity (Wildman–Crippen MR) is 116 cm³/mol. The van der Waals surface area contributed by atoms with Crippen LogP contribution in [0.25, 0.3) is 0 Å². The van der Waals surface area contributed by atoms with Gasteiger partial charge in [0.1, 0.15) is 0 Å². The van der Waals surface area contributed by atoms with E-state index >= 15 is 0 Å². The summed E-state index contributed by atoms with van der Waals surface area (Å²) in [7, 11) is 0. The van der Waals surface area contributed by atoms with Crippen molar-refractivity contribution in [2.24, 2.45) is 0 Å². The van der Waals surface area contributed by atoms with E-state index in [0.29, 0.717) is 12.1 Å².